The molecule has 0 radical (unpaired) electrons. The molecule has 0 saturated carbocycles. The summed E-state index contributed by atoms with van der Waals surface area (Å²) in [5.74, 6) is 1.72. The molecule has 222 valence electrons. The molecule has 1 saturated heterocycles. The van der Waals surface area contributed by atoms with Crippen LogP contribution < -0.4 is 14.4 Å². The molecule has 2 aliphatic heterocycles. The lowest BCUT2D eigenvalue weighted by Crippen LogP contribution is -2.41. The molecule has 4 heterocycles. The summed E-state index contributed by atoms with van der Waals surface area (Å²) in [7, 11) is 3.41. The maximum absolute atomic E-state index is 5.61. The second-order valence-corrected chi connectivity index (χ2v) is 12.4. The normalized spacial score (nSPS) is 15.0. The summed E-state index contributed by atoms with van der Waals surface area (Å²) >= 11 is 1.85. The van der Waals surface area contributed by atoms with Crippen LogP contribution in [0.15, 0.2) is 94.7 Å². The number of anilines is 2. The van der Waals surface area contributed by atoms with Gasteiger partial charge < -0.3 is 29.1 Å². The molecule has 0 atom stereocenters. The molecule has 1 fully saturated rings. The van der Waals surface area contributed by atoms with Crippen LogP contribution in [0, 0.1) is 0 Å². The number of nitrogens with one attached hydrogen (secondary N) is 2. The van der Waals surface area contributed by atoms with Gasteiger partial charge in [0.15, 0.2) is 0 Å². The van der Waals surface area contributed by atoms with Crippen molar-refractivity contribution in [2.45, 2.75) is 9.79 Å². The van der Waals surface area contributed by atoms with Crippen LogP contribution in [0.4, 0.5) is 11.4 Å². The van der Waals surface area contributed by atoms with Gasteiger partial charge in [0.2, 0.25) is 0 Å². The summed E-state index contributed by atoms with van der Waals surface area (Å²) < 4.78 is 16.5. The fraction of sp³-hybridized carbons (Fsp3) is 0.222. The molecular weight excluding hydrogens is 568 g/mol. The van der Waals surface area contributed by atoms with E-state index < -0.39 is 0 Å². The van der Waals surface area contributed by atoms with Crippen molar-refractivity contribution in [3.05, 3.63) is 84.9 Å². The van der Waals surface area contributed by atoms with Crippen molar-refractivity contribution in [3.8, 4) is 34.0 Å². The van der Waals surface area contributed by atoms with Crippen LogP contribution in [-0.2, 0) is 4.74 Å². The topological polar surface area (TPSA) is 65.8 Å². The first-order valence-electron chi connectivity index (χ1n) is 15.0. The van der Waals surface area contributed by atoms with Crippen molar-refractivity contribution in [3.63, 3.8) is 0 Å². The Hall–Kier alpha value is -4.37. The Bertz CT molecular complexity index is 1860. The van der Waals surface area contributed by atoms with E-state index >= 15 is 0 Å². The van der Waals surface area contributed by atoms with Gasteiger partial charge in [0.25, 0.3) is 0 Å². The van der Waals surface area contributed by atoms with Crippen LogP contribution in [0.25, 0.3) is 44.3 Å². The van der Waals surface area contributed by atoms with Crippen molar-refractivity contribution in [2.24, 2.45) is 0 Å². The molecule has 0 unspecified atom stereocenters. The van der Waals surface area contributed by atoms with E-state index in [-0.39, 0.29) is 0 Å². The number of methoxy groups -OCH3 is 2. The third-order valence-corrected chi connectivity index (χ3v) is 9.84. The summed E-state index contributed by atoms with van der Waals surface area (Å²) in [6.45, 7) is 5.49. The van der Waals surface area contributed by atoms with E-state index in [0.717, 1.165) is 84.1 Å². The molecule has 0 bridgehead atoms. The predicted octanol–water partition coefficient (Wildman–Crippen LogP) is 7.94. The zero-order chi connectivity index (χ0) is 29.6. The summed E-state index contributed by atoms with van der Waals surface area (Å²) in [5.41, 5.74) is 9.25. The smallest absolute Gasteiger partial charge is 0.119 e. The maximum atomic E-state index is 5.61. The van der Waals surface area contributed by atoms with E-state index in [1.807, 2.05) is 23.9 Å². The van der Waals surface area contributed by atoms with Crippen molar-refractivity contribution in [1.82, 2.24) is 14.9 Å². The number of nitrogens with zero attached hydrogens (tertiary/aromatic N) is 2. The van der Waals surface area contributed by atoms with Crippen LogP contribution in [-0.4, -0.2) is 68.5 Å². The minimum atomic E-state index is 0.808. The molecule has 0 amide bonds. The molecule has 2 aromatic heterocycles. The highest BCUT2D eigenvalue weighted by Gasteiger charge is 2.26. The molecule has 6 aromatic rings. The number of fused-ring (bicyclic) bond motifs is 4. The third-order valence-electron chi connectivity index (χ3n) is 8.74. The van der Waals surface area contributed by atoms with Crippen LogP contribution in [0.5, 0.6) is 11.5 Å². The second-order valence-electron chi connectivity index (χ2n) is 11.3. The third kappa shape index (κ3) is 4.99. The number of hydrogen-bond donors (Lipinski definition) is 2. The Morgan fingerprint density at radius 1 is 0.659 bits per heavy atom. The van der Waals surface area contributed by atoms with Crippen LogP contribution in [0.2, 0.25) is 0 Å². The van der Waals surface area contributed by atoms with Crippen molar-refractivity contribution >= 4 is 44.9 Å². The van der Waals surface area contributed by atoms with Gasteiger partial charge in [0, 0.05) is 69.2 Å². The van der Waals surface area contributed by atoms with Crippen LogP contribution >= 0.6 is 11.8 Å². The molecule has 2 aliphatic rings. The fourth-order valence-corrected chi connectivity index (χ4v) is 7.49. The van der Waals surface area contributed by atoms with Crippen LogP contribution in [0.1, 0.15) is 0 Å². The Balaban J connectivity index is 1.17. The minimum absolute atomic E-state index is 0.808. The lowest BCUT2D eigenvalue weighted by Gasteiger charge is -2.35. The molecule has 2 N–H and O–H groups in total. The summed E-state index contributed by atoms with van der Waals surface area (Å²) in [6.07, 6.45) is 0. The van der Waals surface area contributed by atoms with Gasteiger partial charge in [-0.2, -0.15) is 0 Å². The summed E-state index contributed by atoms with van der Waals surface area (Å²) in [6, 6.07) is 30.4. The van der Waals surface area contributed by atoms with Crippen molar-refractivity contribution < 1.29 is 14.2 Å². The molecule has 0 spiro atoms. The average molecular weight is 603 g/mol. The number of ether oxygens (including phenoxy) is 3. The predicted molar refractivity (Wildman–Crippen MR) is 179 cm³/mol. The van der Waals surface area contributed by atoms with E-state index in [2.05, 4.69) is 92.6 Å². The number of rotatable bonds is 7. The number of morpholine rings is 1. The molecule has 4 aromatic carbocycles. The monoisotopic (exact) mass is 602 g/mol. The number of H-pyrrole nitrogens is 2. The Morgan fingerprint density at radius 2 is 1.20 bits per heavy atom. The highest BCUT2D eigenvalue weighted by Crippen LogP contribution is 2.50. The van der Waals surface area contributed by atoms with Gasteiger partial charge in [-0.15, -0.1) is 0 Å². The molecule has 8 heteroatoms. The van der Waals surface area contributed by atoms with Gasteiger partial charge in [0.1, 0.15) is 11.5 Å². The number of benzene rings is 4. The summed E-state index contributed by atoms with van der Waals surface area (Å²) in [4.78, 5) is 14.7. The van der Waals surface area contributed by atoms with E-state index in [0.29, 0.717) is 0 Å². The van der Waals surface area contributed by atoms with E-state index in [1.54, 1.807) is 14.2 Å². The van der Waals surface area contributed by atoms with E-state index in [9.17, 15) is 0 Å². The van der Waals surface area contributed by atoms with Gasteiger partial charge >= 0.3 is 0 Å². The van der Waals surface area contributed by atoms with Gasteiger partial charge in [-0.1, -0.05) is 23.9 Å². The minimum Gasteiger partial charge on any atom is -0.497 e. The summed E-state index contributed by atoms with van der Waals surface area (Å²) in [5, 5.41) is 2.28. The van der Waals surface area contributed by atoms with Crippen molar-refractivity contribution in [2.75, 3.05) is 58.5 Å². The number of aromatic nitrogens is 2. The average Bonchev–Trinajstić information content (AvgIpc) is 3.70. The Kier molecular flexibility index (Phi) is 6.97. The zero-order valence-electron chi connectivity index (χ0n) is 24.9. The Morgan fingerprint density at radius 3 is 1.73 bits per heavy atom. The van der Waals surface area contributed by atoms with E-state index in [4.69, 9.17) is 14.2 Å². The quantitative estimate of drug-likeness (QED) is 0.193. The lowest BCUT2D eigenvalue weighted by atomic mass is 10.1. The highest BCUT2D eigenvalue weighted by atomic mass is 32.2. The fourth-order valence-electron chi connectivity index (χ4n) is 6.31. The Labute approximate surface area is 260 Å². The van der Waals surface area contributed by atoms with Gasteiger partial charge in [0.05, 0.1) is 38.8 Å². The van der Waals surface area contributed by atoms with Gasteiger partial charge in [-0.25, -0.2) is 0 Å². The van der Waals surface area contributed by atoms with Gasteiger partial charge in [-0.3, -0.25) is 4.90 Å². The second kappa shape index (κ2) is 11.3. The SMILES string of the molecule is COc1ccc2[nH]c(-c3ccc4c(c3)Sc3cc(-c5cc6cc(OC)ccc6[nH]5)ccc3N4CCN3CCOCC3)cc2c1. The largest absolute Gasteiger partial charge is 0.497 e. The highest BCUT2D eigenvalue weighted by molar-refractivity contribution is 7.99. The molecule has 7 nitrogen and oxygen atoms in total. The van der Waals surface area contributed by atoms with E-state index in [1.165, 1.54) is 32.3 Å². The first-order valence-corrected chi connectivity index (χ1v) is 15.8. The first-order chi connectivity index (χ1) is 21.6. The first kappa shape index (κ1) is 27.2. The maximum Gasteiger partial charge on any atom is 0.119 e. The number of hydrogen-bond acceptors (Lipinski definition) is 6. The molecule has 8 rings (SSSR count). The van der Waals surface area contributed by atoms with Crippen LogP contribution in [0.3, 0.4) is 0 Å². The number of aromatic amines is 2. The molecular formula is C36H34N4O3S. The molecule has 44 heavy (non-hydrogen) atoms. The lowest BCUT2D eigenvalue weighted by molar-refractivity contribution is 0.0394. The standard InChI is InChI=1S/C36H34N4O3S/c1-41-27-5-7-29-25(17-27)19-31(37-29)23-3-9-33-35(21-23)44-36-22-24(32-20-26-18-28(42-2)6-8-30(26)38-32)4-10-34(36)40(33)12-11-39-13-15-43-16-14-39/h3-10,17-22,37-38H,11-16H2,1-2H3. The zero-order valence-corrected chi connectivity index (χ0v) is 25.7. The van der Waals surface area contributed by atoms with Crippen molar-refractivity contribution in [1.29, 1.82) is 0 Å². The van der Waals surface area contributed by atoms with Gasteiger partial charge in [-0.05, 0) is 83.9 Å². The molecule has 0 aliphatic carbocycles.